The molecular weight excluding hydrogens is 323 g/mol. The van der Waals surface area contributed by atoms with Gasteiger partial charge in [-0.05, 0) is 30.7 Å². The summed E-state index contributed by atoms with van der Waals surface area (Å²) in [5.74, 6) is -0.0710. The van der Waals surface area contributed by atoms with Crippen molar-refractivity contribution in [3.8, 4) is 5.69 Å². The zero-order valence-electron chi connectivity index (χ0n) is 14.2. The van der Waals surface area contributed by atoms with E-state index in [1.807, 2.05) is 0 Å². The molecule has 1 aromatic carbocycles. The van der Waals surface area contributed by atoms with Gasteiger partial charge in [-0.3, -0.25) is 0 Å². The van der Waals surface area contributed by atoms with Crippen LogP contribution < -0.4 is 10.6 Å². The zero-order valence-corrected chi connectivity index (χ0v) is 14.2. The molecule has 2 aliphatic rings. The molecule has 6 nitrogen and oxygen atoms in total. The highest BCUT2D eigenvalue weighted by atomic mass is 19.1. The molecule has 1 aromatic heterocycles. The Hall–Kier alpha value is -2.41. The lowest BCUT2D eigenvalue weighted by molar-refractivity contribution is -0.107. The number of anilines is 1. The van der Waals surface area contributed by atoms with Crippen LogP contribution in [-0.4, -0.2) is 34.6 Å². The van der Waals surface area contributed by atoms with Crippen LogP contribution in [0.2, 0.25) is 0 Å². The van der Waals surface area contributed by atoms with E-state index < -0.39 is 5.82 Å². The Labute approximate surface area is 145 Å². The van der Waals surface area contributed by atoms with Crippen LogP contribution in [-0.2, 0) is 4.74 Å². The predicted octanol–water partition coefficient (Wildman–Crippen LogP) is 2.95. The first kappa shape index (κ1) is 16.1. The van der Waals surface area contributed by atoms with Crippen molar-refractivity contribution in [2.45, 2.75) is 32.4 Å². The summed E-state index contributed by atoms with van der Waals surface area (Å²) in [5, 5.41) is 9.95. The molecule has 0 bridgehead atoms. The number of ether oxygens (including phenoxy) is 1. The number of urea groups is 1. The number of amides is 2. The molecule has 0 unspecified atom stereocenters. The quantitative estimate of drug-likeness (QED) is 0.899. The van der Waals surface area contributed by atoms with Gasteiger partial charge in [-0.2, -0.15) is 5.10 Å². The van der Waals surface area contributed by atoms with Gasteiger partial charge in [0.25, 0.3) is 0 Å². The molecule has 25 heavy (non-hydrogen) atoms. The number of carbonyl (C=O) groups excluding carboxylic acids is 1. The van der Waals surface area contributed by atoms with Crippen LogP contribution in [0.1, 0.15) is 20.3 Å². The van der Waals surface area contributed by atoms with Crippen LogP contribution in [0, 0.1) is 17.2 Å². The largest absolute Gasteiger partial charge is 0.377 e. The smallest absolute Gasteiger partial charge is 0.319 e. The monoisotopic (exact) mass is 344 g/mol. The first-order chi connectivity index (χ1) is 12.0. The first-order valence-electron chi connectivity index (χ1n) is 8.45. The number of hydrogen-bond donors (Lipinski definition) is 2. The number of benzene rings is 1. The number of carbonyl (C=O) groups is 1. The maximum Gasteiger partial charge on any atom is 0.319 e. The average Bonchev–Trinajstić information content (AvgIpc) is 3.23. The molecule has 1 saturated heterocycles. The topological polar surface area (TPSA) is 68.2 Å². The van der Waals surface area contributed by atoms with Gasteiger partial charge in [0, 0.05) is 36.4 Å². The van der Waals surface area contributed by atoms with Crippen molar-refractivity contribution in [3.05, 3.63) is 42.5 Å². The van der Waals surface area contributed by atoms with Gasteiger partial charge in [0.1, 0.15) is 5.82 Å². The second-order valence-corrected chi connectivity index (χ2v) is 7.25. The third kappa shape index (κ3) is 2.68. The Morgan fingerprint density at radius 1 is 1.44 bits per heavy atom. The molecule has 7 heteroatoms. The van der Waals surface area contributed by atoms with Crippen molar-refractivity contribution < 1.29 is 13.9 Å². The fraction of sp³-hybridized carbons (Fsp3) is 0.444. The Balaban J connectivity index is 1.51. The summed E-state index contributed by atoms with van der Waals surface area (Å²) in [7, 11) is 0. The average molecular weight is 344 g/mol. The number of nitrogens with zero attached hydrogens (tertiary/aromatic N) is 2. The van der Waals surface area contributed by atoms with E-state index in [1.165, 1.54) is 12.1 Å². The molecule has 4 rings (SSSR count). The Morgan fingerprint density at radius 3 is 3.04 bits per heavy atom. The van der Waals surface area contributed by atoms with Crippen LogP contribution in [0.25, 0.3) is 5.69 Å². The molecule has 0 radical (unpaired) electrons. The minimum atomic E-state index is -0.417. The zero-order chi connectivity index (χ0) is 17.6. The highest BCUT2D eigenvalue weighted by molar-refractivity contribution is 5.91. The molecular formula is C18H21FN4O2. The molecule has 1 saturated carbocycles. The van der Waals surface area contributed by atoms with Crippen LogP contribution >= 0.6 is 0 Å². The maximum atomic E-state index is 13.7. The second kappa shape index (κ2) is 5.84. The number of halogens is 1. The van der Waals surface area contributed by atoms with E-state index in [0.29, 0.717) is 17.3 Å². The Morgan fingerprint density at radius 2 is 2.28 bits per heavy atom. The van der Waals surface area contributed by atoms with Gasteiger partial charge in [-0.15, -0.1) is 0 Å². The lowest BCUT2D eigenvalue weighted by Crippen LogP contribution is -2.67. The molecule has 1 aliphatic heterocycles. The van der Waals surface area contributed by atoms with E-state index in [4.69, 9.17) is 4.74 Å². The Kier molecular flexibility index (Phi) is 3.76. The molecule has 2 N–H and O–H groups in total. The summed E-state index contributed by atoms with van der Waals surface area (Å²) in [5.41, 5.74) is 0.875. The van der Waals surface area contributed by atoms with Crippen molar-refractivity contribution in [2.24, 2.45) is 11.3 Å². The SMILES string of the molecule is CC1(C)[C@H](NC(=O)Nc2cc(F)ccc2-n2cccn2)[C@H]2CCO[C@@H]21. The summed E-state index contributed by atoms with van der Waals surface area (Å²) < 4.78 is 21.0. The number of rotatable bonds is 3. The summed E-state index contributed by atoms with van der Waals surface area (Å²) in [6.45, 7) is 4.94. The van der Waals surface area contributed by atoms with E-state index in [9.17, 15) is 9.18 Å². The van der Waals surface area contributed by atoms with E-state index in [-0.39, 0.29) is 23.6 Å². The summed E-state index contributed by atoms with van der Waals surface area (Å²) >= 11 is 0. The molecule has 2 fully saturated rings. The van der Waals surface area contributed by atoms with Gasteiger partial charge in [0.05, 0.1) is 17.5 Å². The third-order valence-electron chi connectivity index (χ3n) is 5.35. The van der Waals surface area contributed by atoms with Gasteiger partial charge in [-0.1, -0.05) is 13.8 Å². The fourth-order valence-corrected chi connectivity index (χ4v) is 4.14. The maximum absolute atomic E-state index is 13.7. The van der Waals surface area contributed by atoms with E-state index >= 15 is 0 Å². The summed E-state index contributed by atoms with van der Waals surface area (Å²) in [4.78, 5) is 12.5. The number of nitrogens with one attached hydrogen (secondary N) is 2. The van der Waals surface area contributed by atoms with Crippen molar-refractivity contribution in [1.82, 2.24) is 15.1 Å². The molecule has 0 spiro atoms. The predicted molar refractivity (Wildman–Crippen MR) is 91.1 cm³/mol. The summed E-state index contributed by atoms with van der Waals surface area (Å²) in [6.07, 6.45) is 4.53. The molecule has 132 valence electrons. The van der Waals surface area contributed by atoms with Crippen molar-refractivity contribution >= 4 is 11.7 Å². The van der Waals surface area contributed by atoms with Crippen LogP contribution in [0.5, 0.6) is 0 Å². The van der Waals surface area contributed by atoms with Gasteiger partial charge < -0.3 is 15.4 Å². The van der Waals surface area contributed by atoms with Gasteiger partial charge >= 0.3 is 6.03 Å². The molecule has 2 heterocycles. The highest BCUT2D eigenvalue weighted by Crippen LogP contribution is 2.52. The fourth-order valence-electron chi connectivity index (χ4n) is 4.14. The third-order valence-corrected chi connectivity index (χ3v) is 5.35. The van der Waals surface area contributed by atoms with Gasteiger partial charge in [0.15, 0.2) is 0 Å². The molecule has 3 atom stereocenters. The lowest BCUT2D eigenvalue weighted by atomic mass is 9.57. The van der Waals surface area contributed by atoms with Crippen molar-refractivity contribution in [1.29, 1.82) is 0 Å². The Bertz CT molecular complexity index is 790. The molecule has 1 aliphatic carbocycles. The van der Waals surface area contributed by atoms with Crippen molar-refractivity contribution in [3.63, 3.8) is 0 Å². The van der Waals surface area contributed by atoms with E-state index in [0.717, 1.165) is 13.0 Å². The molecule has 2 aromatic rings. The highest BCUT2D eigenvalue weighted by Gasteiger charge is 2.59. The second-order valence-electron chi connectivity index (χ2n) is 7.25. The minimum Gasteiger partial charge on any atom is -0.377 e. The van der Waals surface area contributed by atoms with Gasteiger partial charge in [-0.25, -0.2) is 13.9 Å². The lowest BCUT2D eigenvalue weighted by Gasteiger charge is -2.54. The number of hydrogen-bond acceptors (Lipinski definition) is 3. The van der Waals surface area contributed by atoms with E-state index in [2.05, 4.69) is 29.6 Å². The first-order valence-corrected chi connectivity index (χ1v) is 8.45. The van der Waals surface area contributed by atoms with Crippen LogP contribution in [0.4, 0.5) is 14.9 Å². The van der Waals surface area contributed by atoms with Crippen LogP contribution in [0.15, 0.2) is 36.7 Å². The normalized spacial score (nSPS) is 26.6. The van der Waals surface area contributed by atoms with Gasteiger partial charge in [0.2, 0.25) is 0 Å². The number of aromatic nitrogens is 2. The van der Waals surface area contributed by atoms with Crippen molar-refractivity contribution in [2.75, 3.05) is 11.9 Å². The standard InChI is InChI=1S/C18H21FN4O2/c1-18(2)15(12-6-9-25-16(12)18)22-17(24)21-13-10-11(19)4-5-14(13)23-8-3-7-20-23/h3-5,7-8,10,12,15-16H,6,9H2,1-2H3,(H2,21,22,24)/t12-,15-,16+/m1/s1. The minimum absolute atomic E-state index is 0.0433. The summed E-state index contributed by atoms with van der Waals surface area (Å²) in [6, 6.07) is 5.69. The number of fused-ring (bicyclic) bond motifs is 1. The molecule has 2 amide bonds. The van der Waals surface area contributed by atoms with Crippen LogP contribution in [0.3, 0.4) is 0 Å². The van der Waals surface area contributed by atoms with E-state index in [1.54, 1.807) is 29.2 Å².